The second-order valence-electron chi connectivity index (χ2n) is 30.7. The highest BCUT2D eigenvalue weighted by Crippen LogP contribution is 2.43. The molecule has 0 saturated carbocycles. The van der Waals surface area contributed by atoms with Gasteiger partial charge in [0, 0.05) is 41.1 Å². The van der Waals surface area contributed by atoms with E-state index in [-0.39, 0.29) is 88.7 Å². The Bertz CT molecular complexity index is 6630. The van der Waals surface area contributed by atoms with Crippen LogP contribution in [0.25, 0.3) is 44.6 Å². The van der Waals surface area contributed by atoms with E-state index in [0.717, 1.165) is 22.6 Å². The molecule has 8 aromatic carbocycles. The van der Waals surface area contributed by atoms with Crippen molar-refractivity contribution in [3.63, 3.8) is 0 Å². The molecule has 36 heteroatoms. The molecule has 4 aliphatic rings. The average Bonchev–Trinajstić information content (AvgIpc) is 1.60. The van der Waals surface area contributed by atoms with Crippen LogP contribution in [-0.2, 0) is 73.2 Å². The summed E-state index contributed by atoms with van der Waals surface area (Å²) < 4.78 is 96.8. The molecule has 4 amide bonds. The van der Waals surface area contributed by atoms with Crippen molar-refractivity contribution in [3.8, 4) is 23.4 Å². The van der Waals surface area contributed by atoms with Gasteiger partial charge in [-0.3, -0.25) is 34.1 Å². The van der Waals surface area contributed by atoms with Crippen molar-refractivity contribution >= 4 is 103 Å². The number of carbonyl (C=O) groups excluding carboxylic acids is 4. The van der Waals surface area contributed by atoms with E-state index in [4.69, 9.17) is 37.7 Å². The zero-order chi connectivity index (χ0) is 86.4. The smallest absolute Gasteiger partial charge is 0.272 e. The second-order valence-corrected chi connectivity index (χ2v) is 31.4. The monoisotopic (exact) mass is 1690 g/mol. The van der Waals surface area contributed by atoms with Gasteiger partial charge in [-0.15, -0.1) is 40.8 Å². The molecule has 122 heavy (non-hydrogen) atoms. The van der Waals surface area contributed by atoms with E-state index in [1.54, 1.807) is 138 Å². The average molecular weight is 1690 g/mol. The van der Waals surface area contributed by atoms with E-state index in [1.807, 2.05) is 62.4 Å². The van der Waals surface area contributed by atoms with Crippen LogP contribution in [0.2, 0.25) is 10.6 Å². The van der Waals surface area contributed by atoms with Crippen molar-refractivity contribution in [2.45, 2.75) is 109 Å². The van der Waals surface area contributed by atoms with E-state index >= 15 is 0 Å². The summed E-state index contributed by atoms with van der Waals surface area (Å²) in [5, 5.41) is 55.4. The molecule has 11 heterocycles. The number of nitrogens with zero attached hydrogens (tertiary/aromatic N) is 19. The maximum atomic E-state index is 14.4. The van der Waals surface area contributed by atoms with Crippen LogP contribution in [0.5, 0.6) is 11.5 Å². The van der Waals surface area contributed by atoms with E-state index < -0.39 is 33.3 Å². The highest BCUT2D eigenvalue weighted by atomic mass is 35.5. The van der Waals surface area contributed by atoms with Gasteiger partial charge >= 0.3 is 0 Å². The van der Waals surface area contributed by atoms with E-state index in [2.05, 4.69) is 86.8 Å². The molecule has 4 aliphatic heterocycles. The van der Waals surface area contributed by atoms with Gasteiger partial charge in [0.25, 0.3) is 11.9 Å². The molecule has 0 atom stereocenters. The predicted molar refractivity (Wildman–Crippen MR) is 440 cm³/mol. The van der Waals surface area contributed by atoms with Crippen molar-refractivity contribution < 1.29 is 55.0 Å². The third kappa shape index (κ3) is 16.3. The van der Waals surface area contributed by atoms with Crippen molar-refractivity contribution in [1.82, 2.24) is 90.5 Å². The SMILES string of the molecule is CC1(C)C(=O)Nc2nc(-n3nc(Cc4ccccc4F)c4cc(F)ccc43)nnc21.CC1(C)C(=O)Nc2nc(Cl)nnc21.COc1ccc(CN2C(=O)C(C)(C)c3nnc(-n4nc(Cc5ccccc5F)c5cc(F)ccc54)nc32)cc1.COc1ccc(CN2C(=O)C(C)(C)c3nnc(Cl)nc32)cc1.Fc1ccc2n[nH]c(Cc3ccccc3F)c2c1. The maximum Gasteiger partial charge on any atom is 0.272 e. The molecule has 618 valence electrons. The minimum absolute atomic E-state index is 0.0315. The van der Waals surface area contributed by atoms with Crippen LogP contribution in [0, 0.1) is 34.9 Å². The molecule has 0 fully saturated rings. The predicted octanol–water partition coefficient (Wildman–Crippen LogP) is 14.8. The molecule has 0 bridgehead atoms. The summed E-state index contributed by atoms with van der Waals surface area (Å²) in [7, 11) is 3.21. The number of carbonyl (C=O) groups is 4. The minimum atomic E-state index is -0.925. The molecule has 3 N–H and O–H groups in total. The summed E-state index contributed by atoms with van der Waals surface area (Å²) in [6, 6.07) is 47.1. The van der Waals surface area contributed by atoms with Crippen LogP contribution >= 0.6 is 23.2 Å². The number of halogens is 8. The lowest BCUT2D eigenvalue weighted by Crippen LogP contribution is -2.36. The van der Waals surface area contributed by atoms with E-state index in [0.29, 0.717) is 126 Å². The normalized spacial score (nSPS) is 14.6. The van der Waals surface area contributed by atoms with Crippen molar-refractivity contribution in [2.75, 3.05) is 34.7 Å². The number of aromatic nitrogens is 18. The maximum absolute atomic E-state index is 14.4. The fourth-order valence-corrected chi connectivity index (χ4v) is 14.3. The first-order valence-corrected chi connectivity index (χ1v) is 38.6. The first-order valence-electron chi connectivity index (χ1n) is 37.8. The molecular formula is C86H72Cl2F6N22O6. The molecule has 28 nitrogen and oxygen atoms in total. The minimum Gasteiger partial charge on any atom is -0.497 e. The van der Waals surface area contributed by atoms with Gasteiger partial charge in [0.2, 0.25) is 34.2 Å². The van der Waals surface area contributed by atoms with Crippen LogP contribution < -0.4 is 29.9 Å². The number of anilines is 4. The summed E-state index contributed by atoms with van der Waals surface area (Å²) >= 11 is 11.4. The zero-order valence-electron chi connectivity index (χ0n) is 66.7. The number of fused-ring (bicyclic) bond motifs is 7. The van der Waals surface area contributed by atoms with Crippen molar-refractivity contribution in [2.24, 2.45) is 0 Å². The number of aromatic amines is 1. The van der Waals surface area contributed by atoms with Crippen LogP contribution in [0.1, 0.15) is 123 Å². The third-order valence-corrected chi connectivity index (χ3v) is 21.4. The quantitative estimate of drug-likeness (QED) is 0.0851. The number of amides is 4. The number of methoxy groups -OCH3 is 2. The van der Waals surface area contributed by atoms with Gasteiger partial charge in [0.05, 0.1) is 76.9 Å². The summed E-state index contributed by atoms with van der Waals surface area (Å²) in [5.74, 6) is 0.549. The molecular weight excluding hydrogens is 1620 g/mol. The third-order valence-electron chi connectivity index (χ3n) is 21.0. The fraction of sp³-hybridized carbons (Fsp3) is 0.221. The Morgan fingerprint density at radius 3 is 1.25 bits per heavy atom. The van der Waals surface area contributed by atoms with Gasteiger partial charge in [-0.2, -0.15) is 44.6 Å². The van der Waals surface area contributed by atoms with Gasteiger partial charge in [-0.25, -0.2) is 26.3 Å². The van der Waals surface area contributed by atoms with Crippen LogP contribution in [-0.4, -0.2) is 128 Å². The first kappa shape index (κ1) is 82.9. The van der Waals surface area contributed by atoms with Gasteiger partial charge in [-0.1, -0.05) is 78.9 Å². The number of hydrogen-bond acceptors (Lipinski definition) is 21. The zero-order valence-corrected chi connectivity index (χ0v) is 68.3. The Balaban J connectivity index is 0.000000124. The Morgan fingerprint density at radius 1 is 0.402 bits per heavy atom. The highest BCUT2D eigenvalue weighted by Gasteiger charge is 2.49. The van der Waals surface area contributed by atoms with Crippen LogP contribution in [0.3, 0.4) is 0 Å². The molecule has 0 saturated heterocycles. The van der Waals surface area contributed by atoms with Gasteiger partial charge < -0.3 is 20.1 Å². The molecule has 0 aliphatic carbocycles. The Kier molecular flexibility index (Phi) is 22.6. The number of ether oxygens (including phenoxy) is 2. The topological polar surface area (TPSA) is 336 Å². The highest BCUT2D eigenvalue weighted by molar-refractivity contribution is 6.28. The number of nitrogens with one attached hydrogen (secondary N) is 3. The van der Waals surface area contributed by atoms with Crippen molar-refractivity contribution in [1.29, 1.82) is 0 Å². The lowest BCUT2D eigenvalue weighted by molar-refractivity contribution is -0.123. The summed E-state index contributed by atoms with van der Waals surface area (Å²) in [6.07, 6.45) is 0.682. The number of H-pyrrole nitrogens is 1. The Hall–Kier alpha value is -14.2. The van der Waals surface area contributed by atoms with Gasteiger partial charge in [-0.05, 0) is 203 Å². The molecule has 19 rings (SSSR count). The standard InChI is InChI=1S/C29H24F2N6O2.C21H16F2N6O.C15H15ClN4O2.C14H10F2N2.C7H7ClN4O/c1-29(2)25-26(36(27(29)38)16-17-8-11-20(39-3)12-9-17)32-28(34-33-25)37-24-13-10-19(30)15-21(24)23(35-37)14-18-6-4-5-7-22(18)31;1-21(2)17-18(24-19(21)30)25-20(27-26-17)29-16-8-7-12(22)10-13(16)15(28-29)9-11-5-3-4-6-14(11)23;1-15(2)11-12(17-14(16)19-18-11)20(13(15)21)8-9-4-6-10(22-3)7-5-9;15-10-5-6-13-11(8-10)14(18-17-13)7-9-3-1-2-4-12(9)16;1-7(2)3-4(9-5(7)13)10-6(8)12-11-3/h4-13,15H,14,16H2,1-3H3;3-8,10H,9H2,1-2H3,(H,24,25,27,30);4-7H,8H2,1-3H3;1-6,8H,7H2,(H,17,18);1-2H3,(H,9,10,12,13). The number of benzene rings is 8. The molecule has 7 aromatic heterocycles. The van der Waals surface area contributed by atoms with Crippen LogP contribution in [0.4, 0.5) is 49.6 Å². The van der Waals surface area contributed by atoms with E-state index in [1.165, 1.54) is 64.0 Å². The summed E-state index contributed by atoms with van der Waals surface area (Å²) in [5.41, 5.74) is 5.53. The first-order chi connectivity index (χ1) is 58.3. The van der Waals surface area contributed by atoms with Gasteiger partial charge in [0.1, 0.15) is 69.2 Å². The number of rotatable bonds is 14. The Morgan fingerprint density at radius 2 is 0.787 bits per heavy atom. The fourth-order valence-electron chi connectivity index (χ4n) is 14.1. The summed E-state index contributed by atoms with van der Waals surface area (Å²) in [4.78, 5) is 70.0. The van der Waals surface area contributed by atoms with Gasteiger partial charge in [0.15, 0.2) is 23.3 Å². The second kappa shape index (κ2) is 33.2. The number of hydrogen-bond donors (Lipinski definition) is 3. The molecule has 0 spiro atoms. The molecule has 0 unspecified atom stereocenters. The molecule has 15 aromatic rings. The van der Waals surface area contributed by atoms with E-state index in [9.17, 15) is 45.5 Å². The van der Waals surface area contributed by atoms with Crippen LogP contribution in [0.15, 0.2) is 176 Å². The summed E-state index contributed by atoms with van der Waals surface area (Å²) in [6.45, 7) is 14.9. The molecule has 0 radical (unpaired) electrons. The lowest BCUT2D eigenvalue weighted by atomic mass is 9.91. The largest absolute Gasteiger partial charge is 0.497 e. The van der Waals surface area contributed by atoms with Crippen molar-refractivity contribution in [3.05, 3.63) is 289 Å². The lowest BCUT2D eigenvalue weighted by Gasteiger charge is -2.19. The Labute approximate surface area is 701 Å².